The van der Waals surface area contributed by atoms with E-state index in [1.807, 2.05) is 94.1 Å². The molecule has 0 radical (unpaired) electrons. The number of nitrogens with zero attached hydrogens (tertiary/aromatic N) is 8. The van der Waals surface area contributed by atoms with Crippen LogP contribution in [0, 0.1) is 22.7 Å². The molecule has 10 rings (SSSR count). The molecule has 8 amide bonds. The Morgan fingerprint density at radius 3 is 1.16 bits per heavy atom. The second kappa shape index (κ2) is 38.9. The molecule has 24 heteroatoms. The molecule has 0 N–H and O–H groups in total. The van der Waals surface area contributed by atoms with E-state index >= 15 is 0 Å². The third kappa shape index (κ3) is 22.2. The van der Waals surface area contributed by atoms with Crippen LogP contribution in [0.15, 0.2) is 114 Å². The quantitative estimate of drug-likeness (QED) is 0.0167. The van der Waals surface area contributed by atoms with Gasteiger partial charge in [-0.15, -0.1) is 6.42 Å². The van der Waals surface area contributed by atoms with Crippen LogP contribution < -0.4 is 9.80 Å². The molecule has 4 saturated heterocycles. The van der Waals surface area contributed by atoms with Crippen LogP contribution >= 0.6 is 15.9 Å². The van der Waals surface area contributed by atoms with Gasteiger partial charge in [0, 0.05) is 106 Å². The van der Waals surface area contributed by atoms with Crippen LogP contribution in [-0.2, 0) is 42.0 Å². The van der Waals surface area contributed by atoms with Gasteiger partial charge < -0.3 is 37.9 Å². The minimum absolute atomic E-state index is 0.0319. The minimum atomic E-state index is -2.09. The van der Waals surface area contributed by atoms with Crippen LogP contribution in [-0.4, -0.2) is 192 Å². The van der Waals surface area contributed by atoms with Crippen molar-refractivity contribution in [2.75, 3.05) is 75.9 Å². The Labute approximate surface area is 661 Å². The summed E-state index contributed by atoms with van der Waals surface area (Å²) >= 11 is 1.57. The molecule has 0 atom stereocenters. The maximum atomic E-state index is 14.2. The van der Waals surface area contributed by atoms with Gasteiger partial charge in [0.2, 0.25) is 0 Å². The van der Waals surface area contributed by atoms with E-state index in [0.717, 1.165) is 56.0 Å². The molecule has 586 valence electrons. The van der Waals surface area contributed by atoms with Crippen molar-refractivity contribution in [2.45, 2.75) is 226 Å². The van der Waals surface area contributed by atoms with E-state index in [-0.39, 0.29) is 62.6 Å². The summed E-state index contributed by atoms with van der Waals surface area (Å²) in [5.74, 6) is 1.97. The van der Waals surface area contributed by atoms with E-state index < -0.39 is 61.8 Å². The maximum Gasteiger partial charge on any atom is 0.334 e. The van der Waals surface area contributed by atoms with E-state index in [1.165, 1.54) is 61.6 Å². The largest absolute Gasteiger partial charge is 0.361 e. The normalized spacial score (nSPS) is 16.2. The van der Waals surface area contributed by atoms with Crippen molar-refractivity contribution in [3.63, 3.8) is 0 Å². The predicted octanol–water partition coefficient (Wildman–Crippen LogP) is 19.2. The molecule has 4 aromatic carbocycles. The number of hydrogen-bond donors (Lipinski definition) is 0. The number of fused-ring (bicyclic) bond motifs is 2. The summed E-state index contributed by atoms with van der Waals surface area (Å²) in [4.78, 5) is 93.7. The number of imide groups is 2. The Morgan fingerprint density at radius 1 is 0.472 bits per heavy atom. The van der Waals surface area contributed by atoms with Crippen molar-refractivity contribution >= 4 is 135 Å². The Morgan fingerprint density at radius 2 is 0.815 bits per heavy atom. The van der Waals surface area contributed by atoms with Gasteiger partial charge >= 0.3 is 113 Å². The number of carbonyl (C=O) groups excluding carboxylic acids is 6. The number of halogens is 1. The number of anilines is 2. The number of urea groups is 2. The van der Waals surface area contributed by atoms with Crippen LogP contribution in [0.5, 0.6) is 0 Å². The topological polar surface area (TPSA) is 169 Å². The fourth-order valence-corrected chi connectivity index (χ4v) is 30.1. The predicted molar refractivity (Wildman–Crippen MR) is 457 cm³/mol. The fraction of sp³-hybridized carbons (Fsp3) is 0.548. The second-order valence-electron chi connectivity index (χ2n) is 34.6. The number of unbranched alkanes of at least 4 members (excludes halogenated alkanes) is 3. The smallest absolute Gasteiger partial charge is 0.334 e. The Bertz CT molecular complexity index is 4100. The summed E-state index contributed by atoms with van der Waals surface area (Å²) in [6.45, 7) is 38.6. The summed E-state index contributed by atoms with van der Waals surface area (Å²) in [5, 5.41) is 1.78. The van der Waals surface area contributed by atoms with Crippen LogP contribution in [0.1, 0.15) is 112 Å². The molecule has 4 fully saturated rings. The summed E-state index contributed by atoms with van der Waals surface area (Å²) in [5.41, 5.74) is 2.46. The SMILES string of the molecule is C#Cc1cccc2c1cc(C(=O)N1CCC3(CC1)C(=O)N(c1ccccc1)C(=O)N3COCC[Si](C)(C)C)n2COCC[Si](C)(C)C.C#[C][Sn]([CH2]CCC)([CH2]CCC)[CH2]CCC.C[Si](C)(C)CCOCN1C(=O)N(c2ccccc2)C(=O)C12CCN(C(=O)c1cc3c(Br)cccc3n1COCC[Si](C)(C)C)CC2. The van der Waals surface area contributed by atoms with E-state index in [1.54, 1.807) is 43.9 Å². The van der Waals surface area contributed by atoms with Crippen molar-refractivity contribution in [3.8, 4) is 22.7 Å². The number of para-hydroxylation sites is 2. The third-order valence-corrected chi connectivity index (χ3v) is 42.0. The average molecular weight is 1720 g/mol. The zero-order valence-electron chi connectivity index (χ0n) is 67.6. The van der Waals surface area contributed by atoms with E-state index in [9.17, 15) is 28.8 Å². The molecular weight excluding hydrogens is 1590 g/mol. The van der Waals surface area contributed by atoms with Crippen molar-refractivity contribution < 1.29 is 47.7 Å². The van der Waals surface area contributed by atoms with Crippen molar-refractivity contribution in [1.82, 2.24) is 28.7 Å². The summed E-state index contributed by atoms with van der Waals surface area (Å²) in [6, 6.07) is 36.8. The molecule has 0 bridgehead atoms. The van der Waals surface area contributed by atoms with Crippen LogP contribution in [0.2, 0.25) is 116 Å². The van der Waals surface area contributed by atoms with E-state index in [0.29, 0.717) is 101 Å². The number of piperidine rings is 2. The first-order valence-corrected chi connectivity index (χ1v) is 62.5. The summed E-state index contributed by atoms with van der Waals surface area (Å²) < 4.78 is 36.8. The number of rotatable bonds is 33. The number of carbonyl (C=O) groups is 6. The van der Waals surface area contributed by atoms with E-state index in [2.05, 4.69) is 125 Å². The molecule has 0 aliphatic carbocycles. The van der Waals surface area contributed by atoms with Gasteiger partial charge in [-0.2, -0.15) is 0 Å². The minimum Gasteiger partial charge on any atom is -0.361 e. The van der Waals surface area contributed by atoms with Gasteiger partial charge in [0.25, 0.3) is 23.6 Å². The number of benzene rings is 4. The summed E-state index contributed by atoms with van der Waals surface area (Å²) in [7, 11) is -5.24. The van der Waals surface area contributed by atoms with Gasteiger partial charge in [-0.05, 0) is 111 Å². The van der Waals surface area contributed by atoms with Crippen molar-refractivity contribution in [2.24, 2.45) is 0 Å². The molecule has 2 spiro atoms. The van der Waals surface area contributed by atoms with Crippen LogP contribution in [0.25, 0.3) is 21.8 Å². The molecule has 0 saturated carbocycles. The van der Waals surface area contributed by atoms with Gasteiger partial charge in [-0.3, -0.25) is 29.0 Å². The average Bonchev–Trinajstić information content (AvgIpc) is 1.58. The monoisotopic (exact) mass is 1710 g/mol. The zero-order chi connectivity index (χ0) is 78.8. The third-order valence-electron chi connectivity index (χ3n) is 21.5. The second-order valence-corrected chi connectivity index (χ2v) is 70.4. The van der Waals surface area contributed by atoms with Gasteiger partial charge in [-0.25, -0.2) is 19.4 Å². The number of aromatic nitrogens is 2. The fourth-order valence-electron chi connectivity index (χ4n) is 14.4. The van der Waals surface area contributed by atoms with E-state index in [4.69, 9.17) is 31.8 Å². The number of amides is 8. The maximum absolute atomic E-state index is 14.2. The van der Waals surface area contributed by atoms with Gasteiger partial charge in [0.15, 0.2) is 0 Å². The Balaban J connectivity index is 0.000000229. The van der Waals surface area contributed by atoms with Gasteiger partial charge in [-0.1, -0.05) is 149 Å². The molecule has 108 heavy (non-hydrogen) atoms. The first kappa shape index (κ1) is 87.5. The van der Waals surface area contributed by atoms with Gasteiger partial charge in [0.05, 0.1) is 22.4 Å². The molecule has 2 aromatic heterocycles. The van der Waals surface area contributed by atoms with Crippen LogP contribution in [0.3, 0.4) is 0 Å². The molecule has 6 heterocycles. The first-order chi connectivity index (χ1) is 51.2. The Hall–Kier alpha value is -6.11. The zero-order valence-corrected chi connectivity index (χ0v) is 76.0. The molecule has 0 unspecified atom stereocenters. The number of terminal acetylenes is 2. The van der Waals surface area contributed by atoms with Crippen LogP contribution in [0.4, 0.5) is 21.0 Å². The first-order valence-electron chi connectivity index (χ1n) is 39.4. The molecular formula is C84H123BrN8O10Si4Sn. The van der Waals surface area contributed by atoms with Crippen molar-refractivity contribution in [1.29, 1.82) is 0 Å². The molecule has 4 aliphatic heterocycles. The number of likely N-dealkylation sites (tertiary alicyclic amines) is 2. The Kier molecular flexibility index (Phi) is 31.5. The molecule has 6 aromatic rings. The molecule has 18 nitrogen and oxygen atoms in total. The molecule has 4 aliphatic rings. The summed E-state index contributed by atoms with van der Waals surface area (Å²) in [6.07, 6.45) is 21.1. The standard InChI is InChI=1S/C36H48N4O5Si2.C34H47BrN4O5Si2.3C4H9.C2H.Sn/c1-8-28-13-12-16-31-30(28)25-32(38(31)26-44-21-23-46(2,3)4)33(41)37-19-17-36(18-20-37)34(42)40(29-14-10-9-11-15-29)35(43)39(36)27-45-22-24-47(5,6)7;1-45(2,3)21-19-43-24-37-29-14-10-13-28(35)27(29)23-30(37)31(40)36-17-15-34(16-18-36)32(41)39(26-11-8-7-9-12-26)33(42)38(34)25-44-20-22-46(4,5)6;3*1-3-4-2;1-2;/h1,9-16,25H,17-24,26-27H2,2-7H3;7-14,23H,15-22,24-25H2,1-6H3;3*1,3-4H2,2H3;1H;. The van der Waals surface area contributed by atoms with Gasteiger partial charge in [0.1, 0.15) is 49.4 Å². The van der Waals surface area contributed by atoms with Crippen molar-refractivity contribution in [3.05, 3.63) is 131 Å². The number of ether oxygens (including phenoxy) is 4. The number of hydrogen-bond acceptors (Lipinski definition) is 10.